The van der Waals surface area contributed by atoms with Crippen LogP contribution in [-0.4, -0.2) is 36.3 Å². The topological polar surface area (TPSA) is 100 Å². The summed E-state index contributed by atoms with van der Waals surface area (Å²) in [5, 5.41) is 16.1. The first-order chi connectivity index (χ1) is 12.9. The van der Waals surface area contributed by atoms with Gasteiger partial charge in [-0.3, -0.25) is 9.59 Å². The number of amides is 2. The van der Waals surface area contributed by atoms with Gasteiger partial charge >= 0.3 is 0 Å². The van der Waals surface area contributed by atoms with Crippen LogP contribution in [0.5, 0.6) is 11.5 Å². The van der Waals surface area contributed by atoms with Gasteiger partial charge in [-0.05, 0) is 65.4 Å². The van der Waals surface area contributed by atoms with Gasteiger partial charge in [-0.1, -0.05) is 6.07 Å². The normalized spacial score (nSPS) is 10.6. The first-order valence-electron chi connectivity index (χ1n) is 7.91. The number of rotatable bonds is 7. The number of hydrazone groups is 1. The minimum atomic E-state index is -0.567. The highest BCUT2D eigenvalue weighted by Crippen LogP contribution is 2.32. The van der Waals surface area contributed by atoms with Gasteiger partial charge in [0.25, 0.3) is 11.8 Å². The zero-order chi connectivity index (χ0) is 19.8. The number of carbonyl (C=O) groups is 2. The van der Waals surface area contributed by atoms with E-state index in [1.165, 1.54) is 24.4 Å². The molecule has 27 heavy (non-hydrogen) atoms. The number of hydrogen-bond acceptors (Lipinski definition) is 5. The van der Waals surface area contributed by atoms with Gasteiger partial charge in [0, 0.05) is 5.56 Å². The monoisotopic (exact) mass is 485 g/mol. The van der Waals surface area contributed by atoms with E-state index in [1.807, 2.05) is 22.6 Å². The maximum Gasteiger partial charge on any atom is 0.259 e. The lowest BCUT2D eigenvalue weighted by Gasteiger charge is -2.08. The molecule has 0 heterocycles. The molecule has 2 rings (SSSR count). The average molecular weight is 485 g/mol. The number of ether oxygens (including phenoxy) is 1. The Bertz CT molecular complexity index is 874. The number of halogens is 2. The molecule has 0 aliphatic carbocycles. The number of carbonyl (C=O) groups excluding carboxylic acids is 2. The number of nitrogens with one attached hydrogen (secondary N) is 2. The van der Waals surface area contributed by atoms with Crippen LogP contribution < -0.4 is 15.5 Å². The van der Waals surface area contributed by atoms with Gasteiger partial charge in [-0.15, -0.1) is 0 Å². The molecule has 0 unspecified atom stereocenters. The van der Waals surface area contributed by atoms with E-state index < -0.39 is 17.6 Å². The van der Waals surface area contributed by atoms with Crippen LogP contribution in [0.2, 0.25) is 0 Å². The third-order valence-electron chi connectivity index (χ3n) is 3.25. The minimum Gasteiger partial charge on any atom is -0.504 e. The van der Waals surface area contributed by atoms with E-state index in [-0.39, 0.29) is 17.9 Å². The van der Waals surface area contributed by atoms with Crippen LogP contribution in [0.25, 0.3) is 0 Å². The number of phenolic OH excluding ortho intramolecular Hbond substituents is 1. The van der Waals surface area contributed by atoms with E-state index >= 15 is 0 Å². The van der Waals surface area contributed by atoms with E-state index in [4.69, 9.17) is 4.74 Å². The first kappa shape index (κ1) is 20.6. The highest BCUT2D eigenvalue weighted by molar-refractivity contribution is 14.1. The second-order valence-corrected chi connectivity index (χ2v) is 6.43. The SMILES string of the molecule is CCOc1cc(/C=N\NC(=O)CNC(=O)c2cccc(F)c2)cc(I)c1O. The lowest BCUT2D eigenvalue weighted by atomic mass is 10.2. The molecule has 0 spiro atoms. The quantitative estimate of drug-likeness (QED) is 0.319. The average Bonchev–Trinajstić information content (AvgIpc) is 2.64. The van der Waals surface area contributed by atoms with E-state index in [0.717, 1.165) is 6.07 Å². The molecule has 3 N–H and O–H groups in total. The van der Waals surface area contributed by atoms with Crippen LogP contribution in [0.1, 0.15) is 22.8 Å². The van der Waals surface area contributed by atoms with Crippen molar-refractivity contribution in [3.05, 3.63) is 56.9 Å². The number of aromatic hydroxyl groups is 1. The summed E-state index contributed by atoms with van der Waals surface area (Å²) in [7, 11) is 0. The third kappa shape index (κ3) is 6.20. The van der Waals surface area contributed by atoms with Gasteiger partial charge in [0.2, 0.25) is 0 Å². The van der Waals surface area contributed by atoms with Crippen molar-refractivity contribution in [2.24, 2.45) is 5.10 Å². The molecule has 0 saturated carbocycles. The Balaban J connectivity index is 1.89. The summed E-state index contributed by atoms with van der Waals surface area (Å²) in [6.07, 6.45) is 1.39. The highest BCUT2D eigenvalue weighted by Gasteiger charge is 2.09. The second kappa shape index (κ2) is 9.86. The largest absolute Gasteiger partial charge is 0.504 e. The minimum absolute atomic E-state index is 0.0405. The maximum atomic E-state index is 13.1. The van der Waals surface area contributed by atoms with Crippen LogP contribution in [-0.2, 0) is 4.79 Å². The molecule has 0 aliphatic heterocycles. The molecule has 0 aliphatic rings. The molecular formula is C18H17FIN3O4. The molecule has 0 bridgehead atoms. The molecule has 2 aromatic carbocycles. The zero-order valence-electron chi connectivity index (χ0n) is 14.3. The van der Waals surface area contributed by atoms with Crippen LogP contribution in [0, 0.1) is 9.39 Å². The van der Waals surface area contributed by atoms with Gasteiger partial charge in [-0.2, -0.15) is 5.10 Å². The summed E-state index contributed by atoms with van der Waals surface area (Å²) < 4.78 is 19.0. The highest BCUT2D eigenvalue weighted by atomic mass is 127. The Morgan fingerprint density at radius 2 is 2.11 bits per heavy atom. The summed E-state index contributed by atoms with van der Waals surface area (Å²) >= 11 is 1.96. The standard InChI is InChI=1S/C18H17FIN3O4/c1-2-27-15-7-11(6-14(20)17(15)25)9-22-23-16(24)10-21-18(26)12-4-3-5-13(19)8-12/h3-9,25H,2,10H2,1H3,(H,21,26)(H,23,24)/b22-9-. The van der Waals surface area contributed by atoms with Crippen molar-refractivity contribution in [2.75, 3.05) is 13.2 Å². The summed E-state index contributed by atoms with van der Waals surface area (Å²) in [4.78, 5) is 23.6. The number of hydrogen-bond donors (Lipinski definition) is 3. The Hall–Kier alpha value is -2.69. The molecule has 2 aromatic rings. The molecule has 0 saturated heterocycles. The Morgan fingerprint density at radius 3 is 2.81 bits per heavy atom. The fraction of sp³-hybridized carbons (Fsp3) is 0.167. The number of phenols is 1. The smallest absolute Gasteiger partial charge is 0.259 e. The summed E-state index contributed by atoms with van der Waals surface area (Å²) in [6, 6.07) is 8.40. The van der Waals surface area contributed by atoms with Crippen LogP contribution >= 0.6 is 22.6 Å². The lowest BCUT2D eigenvalue weighted by Crippen LogP contribution is -2.34. The van der Waals surface area contributed by atoms with E-state index in [9.17, 15) is 19.1 Å². The molecule has 0 aromatic heterocycles. The van der Waals surface area contributed by atoms with Crippen LogP contribution in [0.4, 0.5) is 4.39 Å². The lowest BCUT2D eigenvalue weighted by molar-refractivity contribution is -0.120. The van der Waals surface area contributed by atoms with Crippen molar-refractivity contribution < 1.29 is 23.8 Å². The predicted octanol–water partition coefficient (Wildman–Crippen LogP) is 2.41. The van der Waals surface area contributed by atoms with Crippen molar-refractivity contribution >= 4 is 40.6 Å². The van der Waals surface area contributed by atoms with Crippen LogP contribution in [0.15, 0.2) is 41.5 Å². The predicted molar refractivity (Wildman–Crippen MR) is 106 cm³/mol. The zero-order valence-corrected chi connectivity index (χ0v) is 16.5. The van der Waals surface area contributed by atoms with Crippen LogP contribution in [0.3, 0.4) is 0 Å². The molecule has 142 valence electrons. The molecular weight excluding hydrogens is 468 g/mol. The molecule has 7 nitrogen and oxygen atoms in total. The molecule has 0 fully saturated rings. The van der Waals surface area contributed by atoms with Crippen molar-refractivity contribution in [3.63, 3.8) is 0 Å². The van der Waals surface area contributed by atoms with Crippen molar-refractivity contribution in [1.82, 2.24) is 10.7 Å². The molecule has 0 radical (unpaired) electrons. The number of benzene rings is 2. The van der Waals surface area contributed by atoms with Crippen molar-refractivity contribution in [1.29, 1.82) is 0 Å². The van der Waals surface area contributed by atoms with Gasteiger partial charge in [0.05, 0.1) is 22.9 Å². The molecule has 0 atom stereocenters. The molecule has 2 amide bonds. The fourth-order valence-corrected chi connectivity index (χ4v) is 2.67. The summed E-state index contributed by atoms with van der Waals surface area (Å²) in [5.41, 5.74) is 3.01. The van der Waals surface area contributed by atoms with Gasteiger partial charge in [0.1, 0.15) is 5.82 Å². The Labute approximate surface area is 168 Å². The maximum absolute atomic E-state index is 13.1. The van der Waals surface area contributed by atoms with E-state index in [2.05, 4.69) is 15.8 Å². The summed E-state index contributed by atoms with van der Waals surface area (Å²) in [6.45, 7) is 1.88. The number of nitrogens with zero attached hydrogens (tertiary/aromatic N) is 1. The van der Waals surface area contributed by atoms with E-state index in [0.29, 0.717) is 21.5 Å². The summed E-state index contributed by atoms with van der Waals surface area (Å²) in [5.74, 6) is -1.29. The van der Waals surface area contributed by atoms with Gasteiger partial charge in [0.15, 0.2) is 11.5 Å². The van der Waals surface area contributed by atoms with Crippen molar-refractivity contribution in [3.8, 4) is 11.5 Å². The van der Waals surface area contributed by atoms with Gasteiger partial charge in [-0.25, -0.2) is 9.82 Å². The van der Waals surface area contributed by atoms with Gasteiger partial charge < -0.3 is 15.2 Å². The second-order valence-electron chi connectivity index (χ2n) is 5.27. The third-order valence-corrected chi connectivity index (χ3v) is 4.07. The fourth-order valence-electron chi connectivity index (χ4n) is 2.04. The Kier molecular flexibility index (Phi) is 7.53. The van der Waals surface area contributed by atoms with Crippen molar-refractivity contribution in [2.45, 2.75) is 6.92 Å². The first-order valence-corrected chi connectivity index (χ1v) is 8.99. The molecule has 9 heteroatoms. The Morgan fingerprint density at radius 1 is 1.33 bits per heavy atom. The van der Waals surface area contributed by atoms with E-state index in [1.54, 1.807) is 19.1 Å².